The quantitative estimate of drug-likeness (QED) is 0.886. The fraction of sp³-hybridized carbons (Fsp3) is 0.368. The van der Waals surface area contributed by atoms with Crippen LogP contribution in [0.15, 0.2) is 42.5 Å². The van der Waals surface area contributed by atoms with E-state index in [2.05, 4.69) is 66.5 Å². The van der Waals surface area contributed by atoms with Crippen LogP contribution in [0, 0.1) is 13.8 Å². The van der Waals surface area contributed by atoms with Crippen LogP contribution in [0.5, 0.6) is 0 Å². The summed E-state index contributed by atoms with van der Waals surface area (Å²) in [5.74, 6) is 0. The van der Waals surface area contributed by atoms with Crippen molar-refractivity contribution >= 4 is 11.4 Å². The Morgan fingerprint density at radius 2 is 1.67 bits per heavy atom. The van der Waals surface area contributed by atoms with Crippen molar-refractivity contribution in [2.24, 2.45) is 0 Å². The van der Waals surface area contributed by atoms with Gasteiger partial charge in [-0.05, 0) is 61.6 Å². The molecule has 0 spiro atoms. The molecule has 1 aliphatic heterocycles. The third kappa shape index (κ3) is 3.21. The molecule has 3 rings (SSSR count). The van der Waals surface area contributed by atoms with E-state index in [0.717, 1.165) is 6.54 Å². The lowest BCUT2D eigenvalue weighted by Crippen LogP contribution is -2.17. The van der Waals surface area contributed by atoms with Crippen molar-refractivity contribution in [1.29, 1.82) is 0 Å². The van der Waals surface area contributed by atoms with Gasteiger partial charge >= 0.3 is 0 Å². The number of nitrogens with one attached hydrogen (secondary N) is 1. The Morgan fingerprint density at radius 1 is 0.952 bits per heavy atom. The maximum absolute atomic E-state index is 3.55. The van der Waals surface area contributed by atoms with Gasteiger partial charge in [-0.15, -0.1) is 0 Å². The van der Waals surface area contributed by atoms with E-state index in [1.807, 2.05) is 0 Å². The Hall–Kier alpha value is -1.96. The molecule has 2 aromatic carbocycles. The summed E-state index contributed by atoms with van der Waals surface area (Å²) >= 11 is 0. The Labute approximate surface area is 127 Å². The molecule has 1 N–H and O–H groups in total. The van der Waals surface area contributed by atoms with Crippen LogP contribution in [0.3, 0.4) is 0 Å². The Bertz CT molecular complexity index is 595. The van der Waals surface area contributed by atoms with E-state index in [1.54, 1.807) is 0 Å². The van der Waals surface area contributed by atoms with Gasteiger partial charge in [-0.25, -0.2) is 0 Å². The summed E-state index contributed by atoms with van der Waals surface area (Å²) in [6.07, 6.45) is 2.66. The van der Waals surface area contributed by atoms with Crippen molar-refractivity contribution in [3.05, 3.63) is 59.2 Å². The zero-order valence-electron chi connectivity index (χ0n) is 13.0. The Kier molecular flexibility index (Phi) is 4.14. The van der Waals surface area contributed by atoms with Crippen molar-refractivity contribution in [2.45, 2.75) is 33.2 Å². The highest BCUT2D eigenvalue weighted by Crippen LogP contribution is 2.22. The average Bonchev–Trinajstić information content (AvgIpc) is 3.04. The second-order valence-electron chi connectivity index (χ2n) is 5.96. The molecule has 2 nitrogen and oxygen atoms in total. The lowest BCUT2D eigenvalue weighted by atomic mass is 10.1. The molecular weight excluding hydrogens is 256 g/mol. The number of benzene rings is 2. The van der Waals surface area contributed by atoms with Crippen LogP contribution in [0.4, 0.5) is 11.4 Å². The molecule has 0 amide bonds. The second kappa shape index (κ2) is 6.21. The number of hydrogen-bond donors (Lipinski definition) is 1. The van der Waals surface area contributed by atoms with E-state index in [4.69, 9.17) is 0 Å². The smallest absolute Gasteiger partial charge is 0.0400 e. The van der Waals surface area contributed by atoms with Gasteiger partial charge in [0.2, 0.25) is 0 Å². The summed E-state index contributed by atoms with van der Waals surface area (Å²) in [4.78, 5) is 2.47. The lowest BCUT2D eigenvalue weighted by Gasteiger charge is -2.18. The van der Waals surface area contributed by atoms with E-state index < -0.39 is 0 Å². The fourth-order valence-electron chi connectivity index (χ4n) is 2.94. The topological polar surface area (TPSA) is 15.3 Å². The van der Waals surface area contributed by atoms with Gasteiger partial charge in [0, 0.05) is 31.0 Å². The molecule has 0 aromatic heterocycles. The van der Waals surface area contributed by atoms with Crippen LogP contribution in [0.2, 0.25) is 0 Å². The van der Waals surface area contributed by atoms with Gasteiger partial charge < -0.3 is 10.2 Å². The third-order valence-electron chi connectivity index (χ3n) is 4.50. The van der Waals surface area contributed by atoms with Crippen LogP contribution >= 0.6 is 0 Å². The van der Waals surface area contributed by atoms with Gasteiger partial charge in [-0.1, -0.05) is 24.3 Å². The molecule has 0 saturated carbocycles. The first-order valence-electron chi connectivity index (χ1n) is 7.88. The molecule has 21 heavy (non-hydrogen) atoms. The SMILES string of the molecule is Cc1cccc(NCc2ccc(N3CCCC3)cc2)c1C. The predicted molar refractivity (Wildman–Crippen MR) is 91.1 cm³/mol. The summed E-state index contributed by atoms with van der Waals surface area (Å²) in [7, 11) is 0. The van der Waals surface area contributed by atoms with Gasteiger partial charge in [0.1, 0.15) is 0 Å². The standard InChI is InChI=1S/C19H24N2/c1-15-6-5-7-19(16(15)2)20-14-17-8-10-18(11-9-17)21-12-3-4-13-21/h5-11,20H,3-4,12-14H2,1-2H3. The first-order chi connectivity index (χ1) is 10.2. The van der Waals surface area contributed by atoms with E-state index in [-0.39, 0.29) is 0 Å². The van der Waals surface area contributed by atoms with Crippen LogP contribution < -0.4 is 10.2 Å². The van der Waals surface area contributed by atoms with Gasteiger partial charge in [-0.3, -0.25) is 0 Å². The van der Waals surface area contributed by atoms with Crippen molar-refractivity contribution < 1.29 is 0 Å². The van der Waals surface area contributed by atoms with Crippen molar-refractivity contribution in [1.82, 2.24) is 0 Å². The maximum Gasteiger partial charge on any atom is 0.0400 e. The normalized spacial score (nSPS) is 14.5. The summed E-state index contributed by atoms with van der Waals surface area (Å²) in [6.45, 7) is 7.63. The van der Waals surface area contributed by atoms with E-state index in [1.165, 1.54) is 54.0 Å². The summed E-state index contributed by atoms with van der Waals surface area (Å²) in [6, 6.07) is 15.4. The third-order valence-corrected chi connectivity index (χ3v) is 4.50. The minimum Gasteiger partial charge on any atom is -0.381 e. The van der Waals surface area contributed by atoms with Crippen LogP contribution in [-0.2, 0) is 6.54 Å². The largest absolute Gasteiger partial charge is 0.381 e. The zero-order valence-corrected chi connectivity index (χ0v) is 13.0. The maximum atomic E-state index is 3.55. The molecule has 0 aliphatic carbocycles. The highest BCUT2D eigenvalue weighted by molar-refractivity contribution is 5.54. The van der Waals surface area contributed by atoms with E-state index in [9.17, 15) is 0 Å². The van der Waals surface area contributed by atoms with Crippen molar-refractivity contribution in [3.63, 3.8) is 0 Å². The summed E-state index contributed by atoms with van der Waals surface area (Å²) in [5, 5.41) is 3.55. The molecule has 110 valence electrons. The summed E-state index contributed by atoms with van der Waals surface area (Å²) < 4.78 is 0. The molecule has 1 saturated heterocycles. The molecule has 2 aromatic rings. The Balaban J connectivity index is 1.64. The van der Waals surface area contributed by atoms with E-state index >= 15 is 0 Å². The fourth-order valence-corrected chi connectivity index (χ4v) is 2.94. The number of rotatable bonds is 4. The lowest BCUT2D eigenvalue weighted by molar-refractivity contribution is 0.949. The number of aryl methyl sites for hydroxylation is 1. The van der Waals surface area contributed by atoms with Gasteiger partial charge in [0.05, 0.1) is 0 Å². The van der Waals surface area contributed by atoms with E-state index in [0.29, 0.717) is 0 Å². The van der Waals surface area contributed by atoms with Crippen LogP contribution in [0.1, 0.15) is 29.5 Å². The molecular formula is C19H24N2. The highest BCUT2D eigenvalue weighted by atomic mass is 15.1. The molecule has 0 unspecified atom stereocenters. The van der Waals surface area contributed by atoms with Crippen molar-refractivity contribution in [3.8, 4) is 0 Å². The number of nitrogens with zero attached hydrogens (tertiary/aromatic N) is 1. The molecule has 1 fully saturated rings. The minimum atomic E-state index is 0.880. The monoisotopic (exact) mass is 280 g/mol. The molecule has 0 radical (unpaired) electrons. The second-order valence-corrected chi connectivity index (χ2v) is 5.96. The van der Waals surface area contributed by atoms with Gasteiger partial charge in [-0.2, -0.15) is 0 Å². The molecule has 1 heterocycles. The van der Waals surface area contributed by atoms with Gasteiger partial charge in [0.25, 0.3) is 0 Å². The first-order valence-corrected chi connectivity index (χ1v) is 7.88. The Morgan fingerprint density at radius 3 is 2.38 bits per heavy atom. The first kappa shape index (κ1) is 14.0. The molecule has 0 atom stereocenters. The van der Waals surface area contributed by atoms with Gasteiger partial charge in [0.15, 0.2) is 0 Å². The molecule has 1 aliphatic rings. The predicted octanol–water partition coefficient (Wildman–Crippen LogP) is 4.52. The highest BCUT2D eigenvalue weighted by Gasteiger charge is 2.11. The van der Waals surface area contributed by atoms with Crippen molar-refractivity contribution in [2.75, 3.05) is 23.3 Å². The molecule has 2 heteroatoms. The zero-order chi connectivity index (χ0) is 14.7. The average molecular weight is 280 g/mol. The van der Waals surface area contributed by atoms with Crippen LogP contribution in [-0.4, -0.2) is 13.1 Å². The minimum absolute atomic E-state index is 0.880. The number of hydrogen-bond acceptors (Lipinski definition) is 2. The molecule has 0 bridgehead atoms. The van der Waals surface area contributed by atoms with Crippen LogP contribution in [0.25, 0.3) is 0 Å². The number of anilines is 2. The summed E-state index contributed by atoms with van der Waals surface area (Å²) in [5.41, 5.74) is 6.61.